The fourth-order valence-corrected chi connectivity index (χ4v) is 5.84. The fourth-order valence-electron chi connectivity index (χ4n) is 5.84. The molecule has 2 fully saturated rings. The zero-order chi connectivity index (χ0) is 28.4. The number of nitrogens with zero attached hydrogens (tertiary/aromatic N) is 4. The molecule has 2 saturated carbocycles. The van der Waals surface area contributed by atoms with E-state index in [1.807, 2.05) is 30.6 Å². The highest BCUT2D eigenvalue weighted by Crippen LogP contribution is 2.34. The van der Waals surface area contributed by atoms with Gasteiger partial charge in [0.05, 0.1) is 6.33 Å². The molecular formula is C30H46N10O. The number of amides is 1. The van der Waals surface area contributed by atoms with Crippen LogP contribution in [0.1, 0.15) is 87.0 Å². The minimum Gasteiger partial charge on any atom is -0.352 e. The van der Waals surface area contributed by atoms with E-state index in [0.29, 0.717) is 42.5 Å². The highest BCUT2D eigenvalue weighted by molar-refractivity contribution is 5.94. The van der Waals surface area contributed by atoms with E-state index in [1.165, 1.54) is 12.8 Å². The maximum Gasteiger partial charge on any atom is 0.251 e. The molecule has 5 rings (SSSR count). The number of nitrogens with two attached hydrogens (primary N) is 2. The van der Waals surface area contributed by atoms with Crippen LogP contribution in [-0.2, 0) is 0 Å². The lowest BCUT2D eigenvalue weighted by Crippen LogP contribution is -2.33. The topological polar surface area (TPSA) is 161 Å². The lowest BCUT2D eigenvalue weighted by atomic mass is 9.92. The average molecular weight is 563 g/mol. The number of anilines is 3. The zero-order valence-electron chi connectivity index (χ0n) is 24.1. The number of hydrogen-bond acceptors (Lipinski definition) is 9. The van der Waals surface area contributed by atoms with Gasteiger partial charge in [0.25, 0.3) is 5.91 Å². The molecule has 1 amide bonds. The summed E-state index contributed by atoms with van der Waals surface area (Å²) < 4.78 is 2.22. The van der Waals surface area contributed by atoms with Crippen molar-refractivity contribution in [2.75, 3.05) is 36.8 Å². The molecule has 0 unspecified atom stereocenters. The van der Waals surface area contributed by atoms with E-state index in [0.717, 1.165) is 87.7 Å². The first-order chi connectivity index (χ1) is 20.1. The number of rotatable bonds is 14. The average Bonchev–Trinajstić information content (AvgIpc) is 3.66. The van der Waals surface area contributed by atoms with Crippen molar-refractivity contribution in [1.29, 1.82) is 0 Å². The summed E-state index contributed by atoms with van der Waals surface area (Å²) in [4.78, 5) is 27.2. The fraction of sp³-hybridized carbons (Fsp3) is 0.600. The van der Waals surface area contributed by atoms with Gasteiger partial charge in [-0.15, -0.1) is 0 Å². The van der Waals surface area contributed by atoms with Crippen molar-refractivity contribution >= 4 is 34.5 Å². The van der Waals surface area contributed by atoms with Crippen LogP contribution in [0.4, 0.5) is 17.5 Å². The van der Waals surface area contributed by atoms with E-state index in [4.69, 9.17) is 26.4 Å². The first-order valence-corrected chi connectivity index (χ1v) is 15.4. The molecule has 1 aromatic carbocycles. The van der Waals surface area contributed by atoms with Crippen molar-refractivity contribution in [2.24, 2.45) is 11.5 Å². The zero-order valence-corrected chi connectivity index (χ0v) is 24.1. The number of benzene rings is 1. The smallest absolute Gasteiger partial charge is 0.251 e. The Morgan fingerprint density at radius 3 is 2.41 bits per heavy atom. The van der Waals surface area contributed by atoms with E-state index in [-0.39, 0.29) is 11.9 Å². The normalized spacial score (nSPS) is 19.5. The molecule has 3 aromatic rings. The SMILES string of the molecule is NCCCNCCCCNC(=O)c1ccc(Nc2nc(NC3CCC(N)CC3)nc3c2ncn3C2CCCC2)cc1. The molecule has 222 valence electrons. The van der Waals surface area contributed by atoms with Crippen LogP contribution >= 0.6 is 0 Å². The van der Waals surface area contributed by atoms with Gasteiger partial charge in [-0.3, -0.25) is 4.79 Å². The van der Waals surface area contributed by atoms with Gasteiger partial charge in [-0.25, -0.2) is 4.98 Å². The maximum absolute atomic E-state index is 12.6. The number of aromatic nitrogens is 4. The first kappa shape index (κ1) is 29.2. The van der Waals surface area contributed by atoms with Crippen LogP contribution in [0.3, 0.4) is 0 Å². The van der Waals surface area contributed by atoms with Crippen LogP contribution in [-0.4, -0.2) is 63.7 Å². The van der Waals surface area contributed by atoms with Gasteiger partial charge < -0.3 is 37.3 Å². The van der Waals surface area contributed by atoms with E-state index >= 15 is 0 Å². The minimum absolute atomic E-state index is 0.0638. The number of nitrogens with one attached hydrogen (secondary N) is 4. The molecule has 0 aliphatic heterocycles. The van der Waals surface area contributed by atoms with Crippen molar-refractivity contribution < 1.29 is 4.79 Å². The Balaban J connectivity index is 1.24. The molecule has 0 bridgehead atoms. The van der Waals surface area contributed by atoms with Gasteiger partial charge in [0.15, 0.2) is 17.0 Å². The number of carbonyl (C=O) groups is 1. The summed E-state index contributed by atoms with van der Waals surface area (Å²) in [5, 5.41) is 13.4. The molecule has 0 atom stereocenters. The molecule has 11 heteroatoms. The molecule has 2 aliphatic carbocycles. The van der Waals surface area contributed by atoms with Gasteiger partial charge in [-0.05, 0) is 102 Å². The molecular weight excluding hydrogens is 516 g/mol. The Kier molecular flexibility index (Phi) is 10.4. The molecule has 0 spiro atoms. The highest BCUT2D eigenvalue weighted by Gasteiger charge is 2.24. The van der Waals surface area contributed by atoms with Crippen LogP contribution in [0, 0.1) is 0 Å². The van der Waals surface area contributed by atoms with Crippen LogP contribution < -0.4 is 32.7 Å². The second-order valence-corrected chi connectivity index (χ2v) is 11.5. The van der Waals surface area contributed by atoms with E-state index in [1.54, 1.807) is 0 Å². The molecule has 11 nitrogen and oxygen atoms in total. The Morgan fingerprint density at radius 2 is 1.66 bits per heavy atom. The second kappa shape index (κ2) is 14.6. The largest absolute Gasteiger partial charge is 0.352 e. The first-order valence-electron chi connectivity index (χ1n) is 15.4. The lowest BCUT2D eigenvalue weighted by Gasteiger charge is -2.27. The van der Waals surface area contributed by atoms with Crippen molar-refractivity contribution in [2.45, 2.75) is 88.8 Å². The summed E-state index contributed by atoms with van der Waals surface area (Å²) in [7, 11) is 0. The van der Waals surface area contributed by atoms with Crippen molar-refractivity contribution in [3.8, 4) is 0 Å². The number of hydrogen-bond donors (Lipinski definition) is 6. The summed E-state index contributed by atoms with van der Waals surface area (Å²) in [6.07, 6.45) is 13.7. The van der Waals surface area contributed by atoms with Crippen LogP contribution in [0.25, 0.3) is 11.2 Å². The monoisotopic (exact) mass is 562 g/mol. The summed E-state index contributed by atoms with van der Waals surface area (Å²) >= 11 is 0. The Morgan fingerprint density at radius 1 is 0.927 bits per heavy atom. The third-order valence-corrected chi connectivity index (χ3v) is 8.28. The number of unbranched alkanes of at least 4 members (excludes halogenated alkanes) is 1. The van der Waals surface area contributed by atoms with E-state index in [2.05, 4.69) is 25.8 Å². The van der Waals surface area contributed by atoms with Crippen molar-refractivity contribution in [3.63, 3.8) is 0 Å². The molecule has 41 heavy (non-hydrogen) atoms. The Bertz CT molecular complexity index is 1250. The van der Waals surface area contributed by atoms with Gasteiger partial charge in [0.2, 0.25) is 5.95 Å². The molecule has 2 heterocycles. The van der Waals surface area contributed by atoms with E-state index in [9.17, 15) is 4.79 Å². The van der Waals surface area contributed by atoms with Crippen LogP contribution in [0.15, 0.2) is 30.6 Å². The Labute approximate surface area is 242 Å². The van der Waals surface area contributed by atoms with Crippen molar-refractivity contribution in [3.05, 3.63) is 36.2 Å². The van der Waals surface area contributed by atoms with E-state index < -0.39 is 0 Å². The minimum atomic E-state index is -0.0638. The highest BCUT2D eigenvalue weighted by atomic mass is 16.1. The molecule has 8 N–H and O–H groups in total. The number of fused-ring (bicyclic) bond motifs is 1. The van der Waals surface area contributed by atoms with Crippen LogP contribution in [0.2, 0.25) is 0 Å². The standard InChI is InChI=1S/C30H46N10O/c31-16-5-18-33-17-3-4-19-34-29(41)21-8-12-23(13-9-21)36-27-26-28(40(20-35-26)25-6-1-2-7-25)39-30(38-27)37-24-14-10-22(32)11-15-24/h8-9,12-13,20,22,24-25,33H,1-7,10-11,14-19,31-32H2,(H,34,41)(H2,36,37,38,39). The quantitative estimate of drug-likeness (QED) is 0.160. The van der Waals surface area contributed by atoms with Gasteiger partial charge in [-0.1, -0.05) is 12.8 Å². The molecule has 0 radical (unpaired) electrons. The molecule has 0 saturated heterocycles. The predicted octanol–water partition coefficient (Wildman–Crippen LogP) is 3.82. The Hall–Kier alpha value is -3.28. The van der Waals surface area contributed by atoms with Gasteiger partial charge in [0.1, 0.15) is 0 Å². The lowest BCUT2D eigenvalue weighted by molar-refractivity contribution is 0.0953. The van der Waals surface area contributed by atoms with Gasteiger partial charge in [-0.2, -0.15) is 9.97 Å². The third-order valence-electron chi connectivity index (χ3n) is 8.28. The van der Waals surface area contributed by atoms with Crippen molar-refractivity contribution in [1.82, 2.24) is 30.2 Å². The predicted molar refractivity (Wildman–Crippen MR) is 165 cm³/mol. The summed E-state index contributed by atoms with van der Waals surface area (Å²) in [6.45, 7) is 3.25. The maximum atomic E-state index is 12.6. The molecule has 2 aromatic heterocycles. The number of carbonyl (C=O) groups excluding carboxylic acids is 1. The summed E-state index contributed by atoms with van der Waals surface area (Å²) in [6, 6.07) is 8.53. The van der Waals surface area contributed by atoms with Gasteiger partial charge in [0, 0.05) is 35.9 Å². The van der Waals surface area contributed by atoms with Gasteiger partial charge >= 0.3 is 0 Å². The summed E-state index contributed by atoms with van der Waals surface area (Å²) in [5.41, 5.74) is 14.7. The number of imidazole rings is 1. The summed E-state index contributed by atoms with van der Waals surface area (Å²) in [5.74, 6) is 1.22. The third kappa shape index (κ3) is 7.93. The van der Waals surface area contributed by atoms with Crippen LogP contribution in [0.5, 0.6) is 0 Å². The second-order valence-electron chi connectivity index (χ2n) is 11.5. The molecule has 2 aliphatic rings.